The second-order valence-electron chi connectivity index (χ2n) is 3.89. The summed E-state index contributed by atoms with van der Waals surface area (Å²) in [4.78, 5) is 13.2. The fraction of sp³-hybridized carbons (Fsp3) is 0.900. The number of carbonyl (C=O) groups excluding carboxylic acids is 1. The quantitative estimate of drug-likeness (QED) is 0.626. The van der Waals surface area contributed by atoms with Gasteiger partial charge in [-0.2, -0.15) is 0 Å². The van der Waals surface area contributed by atoms with Crippen LogP contribution in [-0.4, -0.2) is 49.3 Å². The molecule has 1 fully saturated rings. The standard InChI is InChI=1S/C10H19NO3/c1-11(5-6-12)9(8-3-4-8)7-10(13)14-2/h8-9,12H,3-7H2,1-2H3. The monoisotopic (exact) mass is 201 g/mol. The first-order valence-electron chi connectivity index (χ1n) is 5.07. The number of rotatable bonds is 6. The Kier molecular flexibility index (Phi) is 4.35. The Morgan fingerprint density at radius 3 is 2.71 bits per heavy atom. The van der Waals surface area contributed by atoms with Crippen molar-refractivity contribution in [3.63, 3.8) is 0 Å². The molecule has 0 heterocycles. The second-order valence-corrected chi connectivity index (χ2v) is 3.89. The van der Waals surface area contributed by atoms with E-state index in [0.29, 0.717) is 18.9 Å². The van der Waals surface area contributed by atoms with E-state index >= 15 is 0 Å². The van der Waals surface area contributed by atoms with Crippen LogP contribution in [0.2, 0.25) is 0 Å². The highest BCUT2D eigenvalue weighted by Crippen LogP contribution is 2.36. The van der Waals surface area contributed by atoms with Gasteiger partial charge >= 0.3 is 5.97 Å². The number of aliphatic hydroxyl groups excluding tert-OH is 1. The summed E-state index contributed by atoms with van der Waals surface area (Å²) in [6, 6.07) is 0.245. The third-order valence-corrected chi connectivity index (χ3v) is 2.79. The van der Waals surface area contributed by atoms with Crippen molar-refractivity contribution in [1.82, 2.24) is 4.90 Å². The van der Waals surface area contributed by atoms with E-state index in [2.05, 4.69) is 9.64 Å². The van der Waals surface area contributed by atoms with E-state index in [1.54, 1.807) is 0 Å². The molecule has 1 N–H and O–H groups in total. The van der Waals surface area contributed by atoms with Gasteiger partial charge in [-0.3, -0.25) is 4.79 Å². The van der Waals surface area contributed by atoms with Gasteiger partial charge in [0.15, 0.2) is 0 Å². The van der Waals surface area contributed by atoms with Gasteiger partial charge in [0.05, 0.1) is 20.1 Å². The first-order valence-corrected chi connectivity index (χ1v) is 5.07. The summed E-state index contributed by atoms with van der Waals surface area (Å²) in [6.45, 7) is 0.763. The van der Waals surface area contributed by atoms with Gasteiger partial charge in [-0.25, -0.2) is 0 Å². The molecule has 0 radical (unpaired) electrons. The zero-order valence-electron chi connectivity index (χ0n) is 8.90. The molecule has 1 aliphatic rings. The maximum Gasteiger partial charge on any atom is 0.307 e. The molecule has 0 spiro atoms. The Morgan fingerprint density at radius 1 is 1.64 bits per heavy atom. The Hall–Kier alpha value is -0.610. The minimum atomic E-state index is -0.160. The lowest BCUT2D eigenvalue weighted by Crippen LogP contribution is -2.37. The van der Waals surface area contributed by atoms with Crippen molar-refractivity contribution in [3.8, 4) is 0 Å². The van der Waals surface area contributed by atoms with Crippen LogP contribution in [-0.2, 0) is 9.53 Å². The van der Waals surface area contributed by atoms with Crippen molar-refractivity contribution in [1.29, 1.82) is 0 Å². The van der Waals surface area contributed by atoms with Crippen LogP contribution >= 0.6 is 0 Å². The number of nitrogens with zero attached hydrogens (tertiary/aromatic N) is 1. The largest absolute Gasteiger partial charge is 0.469 e. The van der Waals surface area contributed by atoms with E-state index in [4.69, 9.17) is 5.11 Å². The third kappa shape index (κ3) is 3.27. The molecule has 0 aromatic carbocycles. The number of aliphatic hydroxyl groups is 1. The van der Waals surface area contributed by atoms with E-state index in [1.165, 1.54) is 20.0 Å². The SMILES string of the molecule is COC(=O)CC(C1CC1)N(C)CCO. The van der Waals surface area contributed by atoms with E-state index in [0.717, 1.165) is 0 Å². The van der Waals surface area contributed by atoms with Crippen LogP contribution in [0.25, 0.3) is 0 Å². The van der Waals surface area contributed by atoms with Crippen molar-refractivity contribution < 1.29 is 14.6 Å². The highest BCUT2D eigenvalue weighted by molar-refractivity contribution is 5.70. The van der Waals surface area contributed by atoms with Crippen LogP contribution in [0.15, 0.2) is 0 Å². The van der Waals surface area contributed by atoms with Crippen molar-refractivity contribution in [2.45, 2.75) is 25.3 Å². The van der Waals surface area contributed by atoms with Crippen molar-refractivity contribution in [2.24, 2.45) is 5.92 Å². The maximum absolute atomic E-state index is 11.2. The van der Waals surface area contributed by atoms with E-state index < -0.39 is 0 Å². The van der Waals surface area contributed by atoms with Crippen molar-refractivity contribution in [2.75, 3.05) is 27.3 Å². The van der Waals surface area contributed by atoms with Crippen LogP contribution < -0.4 is 0 Å². The zero-order valence-corrected chi connectivity index (χ0v) is 8.90. The third-order valence-electron chi connectivity index (χ3n) is 2.79. The van der Waals surface area contributed by atoms with E-state index in [-0.39, 0.29) is 18.6 Å². The molecule has 82 valence electrons. The highest BCUT2D eigenvalue weighted by Gasteiger charge is 2.35. The lowest BCUT2D eigenvalue weighted by molar-refractivity contribution is -0.142. The van der Waals surface area contributed by atoms with E-state index in [9.17, 15) is 4.79 Å². The maximum atomic E-state index is 11.2. The Morgan fingerprint density at radius 2 is 2.29 bits per heavy atom. The van der Waals surface area contributed by atoms with Gasteiger partial charge < -0.3 is 14.7 Å². The zero-order chi connectivity index (χ0) is 10.6. The molecule has 1 saturated carbocycles. The summed E-state index contributed by atoms with van der Waals surface area (Å²) in [5.41, 5.74) is 0. The lowest BCUT2D eigenvalue weighted by atomic mass is 10.1. The lowest BCUT2D eigenvalue weighted by Gasteiger charge is -2.26. The van der Waals surface area contributed by atoms with Crippen LogP contribution in [0.5, 0.6) is 0 Å². The minimum absolute atomic E-state index is 0.140. The molecule has 0 aromatic rings. The molecule has 0 aliphatic heterocycles. The summed E-state index contributed by atoms with van der Waals surface area (Å²) >= 11 is 0. The molecule has 1 atom stereocenters. The Bertz CT molecular complexity index is 192. The number of hydrogen-bond acceptors (Lipinski definition) is 4. The van der Waals surface area contributed by atoms with E-state index in [1.807, 2.05) is 7.05 Å². The Balaban J connectivity index is 2.41. The Labute approximate surface area is 84.8 Å². The average molecular weight is 201 g/mol. The molecule has 4 nitrogen and oxygen atoms in total. The minimum Gasteiger partial charge on any atom is -0.469 e. The van der Waals surface area contributed by atoms with Gasteiger partial charge in [-0.05, 0) is 25.8 Å². The van der Waals surface area contributed by atoms with Crippen molar-refractivity contribution in [3.05, 3.63) is 0 Å². The van der Waals surface area contributed by atoms with Crippen LogP contribution in [0.3, 0.4) is 0 Å². The van der Waals surface area contributed by atoms with Gasteiger partial charge in [-0.15, -0.1) is 0 Å². The van der Waals surface area contributed by atoms with Crippen LogP contribution in [0, 0.1) is 5.92 Å². The molecule has 0 saturated heterocycles. The molecular formula is C10H19NO3. The summed E-state index contributed by atoms with van der Waals surface area (Å²) in [5.74, 6) is 0.456. The second kappa shape index (κ2) is 5.32. The van der Waals surface area contributed by atoms with Gasteiger partial charge in [0.1, 0.15) is 0 Å². The van der Waals surface area contributed by atoms with Crippen LogP contribution in [0.1, 0.15) is 19.3 Å². The average Bonchev–Trinajstić information content (AvgIpc) is 2.97. The summed E-state index contributed by atoms with van der Waals surface area (Å²) < 4.78 is 4.66. The molecular weight excluding hydrogens is 182 g/mol. The number of esters is 1. The van der Waals surface area contributed by atoms with Crippen molar-refractivity contribution >= 4 is 5.97 Å². The summed E-state index contributed by atoms with van der Waals surface area (Å²) in [7, 11) is 3.36. The topological polar surface area (TPSA) is 49.8 Å². The predicted molar refractivity (Wildman–Crippen MR) is 52.9 cm³/mol. The number of ether oxygens (including phenoxy) is 1. The molecule has 4 heteroatoms. The molecule has 0 aromatic heterocycles. The molecule has 14 heavy (non-hydrogen) atoms. The molecule has 0 amide bonds. The fourth-order valence-electron chi connectivity index (χ4n) is 1.74. The normalized spacial score (nSPS) is 18.3. The fourth-order valence-corrected chi connectivity index (χ4v) is 1.74. The first kappa shape index (κ1) is 11.5. The van der Waals surface area contributed by atoms with Gasteiger partial charge in [0.2, 0.25) is 0 Å². The van der Waals surface area contributed by atoms with Crippen LogP contribution in [0.4, 0.5) is 0 Å². The summed E-state index contributed by atoms with van der Waals surface area (Å²) in [5, 5.41) is 8.82. The predicted octanol–water partition coefficient (Wildman–Crippen LogP) is 0.252. The number of likely N-dealkylation sites (N-methyl/N-ethyl adjacent to an activating group) is 1. The number of carbonyl (C=O) groups is 1. The summed E-state index contributed by atoms with van der Waals surface area (Å²) in [6.07, 6.45) is 2.83. The molecule has 1 unspecified atom stereocenters. The molecule has 1 aliphatic carbocycles. The number of methoxy groups -OCH3 is 1. The van der Waals surface area contributed by atoms with Gasteiger partial charge in [0, 0.05) is 12.6 Å². The van der Waals surface area contributed by atoms with Gasteiger partial charge in [0.25, 0.3) is 0 Å². The smallest absolute Gasteiger partial charge is 0.307 e. The number of hydrogen-bond donors (Lipinski definition) is 1. The molecule has 1 rings (SSSR count). The first-order chi connectivity index (χ1) is 6.69. The molecule has 0 bridgehead atoms. The highest BCUT2D eigenvalue weighted by atomic mass is 16.5. The van der Waals surface area contributed by atoms with Gasteiger partial charge in [-0.1, -0.05) is 0 Å².